The minimum absolute atomic E-state index is 0.0328. The molecule has 9 unspecified atom stereocenters. The molecule has 0 radical (unpaired) electrons. The van der Waals surface area contributed by atoms with Gasteiger partial charge in [-0.1, -0.05) is 71.9 Å². The molecule has 1 aromatic carbocycles. The van der Waals surface area contributed by atoms with Crippen molar-refractivity contribution in [1.82, 2.24) is 10.2 Å². The van der Waals surface area contributed by atoms with Crippen LogP contribution in [0.15, 0.2) is 42.5 Å². The van der Waals surface area contributed by atoms with E-state index in [0.29, 0.717) is 54.8 Å². The first kappa shape index (κ1) is 37.8. The van der Waals surface area contributed by atoms with Gasteiger partial charge in [-0.05, 0) is 152 Å². The largest absolute Gasteiger partial charge is 0.480 e. The number of aromatic carboxylic acids is 1. The third-order valence-electron chi connectivity index (χ3n) is 16.3. The van der Waals surface area contributed by atoms with Crippen LogP contribution >= 0.6 is 0 Å². The van der Waals surface area contributed by atoms with Gasteiger partial charge >= 0.3 is 11.9 Å². The summed E-state index contributed by atoms with van der Waals surface area (Å²) in [5, 5.41) is 22.1. The molecule has 5 aliphatic rings. The number of carbonyl (C=O) groups is 3. The Labute approximate surface area is 306 Å². The summed E-state index contributed by atoms with van der Waals surface area (Å²) in [5.41, 5.74) is 4.15. The summed E-state index contributed by atoms with van der Waals surface area (Å²) in [6.07, 6.45) is 13.0. The highest BCUT2D eigenvalue weighted by Crippen LogP contribution is 2.77. The highest BCUT2D eigenvalue weighted by atomic mass is 16.4. The van der Waals surface area contributed by atoms with Gasteiger partial charge in [0.25, 0.3) is 0 Å². The van der Waals surface area contributed by atoms with Gasteiger partial charge in [0, 0.05) is 13.1 Å². The molecular weight excluding hydrogens is 636 g/mol. The fourth-order valence-corrected chi connectivity index (χ4v) is 13.6. The number of nitrogens with one attached hydrogen (secondary N) is 1. The van der Waals surface area contributed by atoms with Crippen LogP contribution in [0.2, 0.25) is 0 Å². The number of fused-ring (bicyclic) bond motifs is 7. The first-order valence-corrected chi connectivity index (χ1v) is 19.9. The van der Waals surface area contributed by atoms with Crippen molar-refractivity contribution in [2.75, 3.05) is 26.2 Å². The number of nitrogens with zero attached hydrogens (tertiary/aromatic N) is 1. The Morgan fingerprint density at radius 3 is 2.24 bits per heavy atom. The van der Waals surface area contributed by atoms with Gasteiger partial charge in [0.15, 0.2) is 0 Å². The normalized spacial score (nSPS) is 38.0. The average molecular weight is 701 g/mol. The zero-order valence-corrected chi connectivity index (χ0v) is 32.4. The van der Waals surface area contributed by atoms with Crippen LogP contribution in [0.25, 0.3) is 5.57 Å². The second-order valence-electron chi connectivity index (χ2n) is 18.6. The third-order valence-corrected chi connectivity index (χ3v) is 16.3. The van der Waals surface area contributed by atoms with Gasteiger partial charge in [-0.15, -0.1) is 0 Å². The summed E-state index contributed by atoms with van der Waals surface area (Å²) in [6, 6.07) is 7.50. The number of hydrogen-bond acceptors (Lipinski definition) is 4. The molecule has 5 aliphatic carbocycles. The van der Waals surface area contributed by atoms with Crippen LogP contribution in [0.4, 0.5) is 0 Å². The number of carboxylic acids is 2. The number of likely N-dealkylation sites (N-methyl/N-ethyl adjacent to an activating group) is 1. The molecule has 0 spiro atoms. The molecule has 280 valence electrons. The van der Waals surface area contributed by atoms with E-state index >= 15 is 0 Å². The van der Waals surface area contributed by atoms with Crippen LogP contribution in [0.1, 0.15) is 129 Å². The Hall–Kier alpha value is -2.93. The molecule has 4 saturated carbocycles. The van der Waals surface area contributed by atoms with Gasteiger partial charge in [-0.3, -0.25) is 14.5 Å². The maximum Gasteiger partial charge on any atom is 0.335 e. The van der Waals surface area contributed by atoms with Crippen molar-refractivity contribution in [3.05, 3.63) is 53.6 Å². The lowest BCUT2D eigenvalue weighted by Crippen LogP contribution is -2.66. The molecule has 51 heavy (non-hydrogen) atoms. The van der Waals surface area contributed by atoms with Crippen molar-refractivity contribution in [3.8, 4) is 0 Å². The molecule has 1 amide bonds. The molecule has 0 saturated heterocycles. The standard InChI is InChI=1S/C44H64N2O5/c1-9-46(27-36(47)48)26-10-25-45-39(51)44-22-17-31(28(2)3)37(44)33-15-16-35-41(6)20-18-32(29-11-13-30(14-12-29)38(49)50)40(4,5)34(41)19-21-43(35,8)42(33,7)23-24-44/h11-14,18,31,33-35,37H,2,9-10,15-17,19-27H2,1,3-8H3,(H,45,51)(H,47,48)(H,49,50). The van der Waals surface area contributed by atoms with E-state index < -0.39 is 11.9 Å². The van der Waals surface area contributed by atoms with Crippen molar-refractivity contribution < 1.29 is 24.6 Å². The lowest BCUT2D eigenvalue weighted by Gasteiger charge is -2.72. The SMILES string of the molecule is C=C(C)C1CCC2(C(=O)NCCCN(CC)CC(=O)O)CCC3(C)C(CCC4C5(C)CC=C(c6ccc(C(=O)O)cc6)C(C)(C)C5CCC43C)C12. The van der Waals surface area contributed by atoms with Crippen LogP contribution in [0.5, 0.6) is 0 Å². The predicted molar refractivity (Wildman–Crippen MR) is 203 cm³/mol. The Kier molecular flexibility index (Phi) is 10.00. The van der Waals surface area contributed by atoms with Crippen molar-refractivity contribution >= 4 is 23.4 Å². The Bertz CT molecular complexity index is 1580. The van der Waals surface area contributed by atoms with E-state index in [0.717, 1.165) is 50.5 Å². The van der Waals surface area contributed by atoms with Crippen LogP contribution in [-0.4, -0.2) is 59.1 Å². The number of benzene rings is 1. The smallest absolute Gasteiger partial charge is 0.335 e. The van der Waals surface area contributed by atoms with Crippen molar-refractivity contribution in [2.45, 2.75) is 113 Å². The summed E-state index contributed by atoms with van der Waals surface area (Å²) in [6.45, 7) is 23.3. The van der Waals surface area contributed by atoms with E-state index in [1.807, 2.05) is 24.0 Å². The van der Waals surface area contributed by atoms with E-state index in [-0.39, 0.29) is 39.5 Å². The molecule has 0 aromatic heterocycles. The second kappa shape index (κ2) is 13.5. The third kappa shape index (κ3) is 5.92. The van der Waals surface area contributed by atoms with Gasteiger partial charge in [-0.2, -0.15) is 0 Å². The van der Waals surface area contributed by atoms with E-state index in [2.05, 4.69) is 59.5 Å². The van der Waals surface area contributed by atoms with Gasteiger partial charge in [0.1, 0.15) is 0 Å². The summed E-state index contributed by atoms with van der Waals surface area (Å²) in [4.78, 5) is 39.2. The topological polar surface area (TPSA) is 107 Å². The number of allylic oxidation sites excluding steroid dienone is 3. The quantitative estimate of drug-likeness (QED) is 0.157. The van der Waals surface area contributed by atoms with Gasteiger partial charge in [-0.25, -0.2) is 4.79 Å². The van der Waals surface area contributed by atoms with Gasteiger partial charge in [0.05, 0.1) is 17.5 Å². The minimum Gasteiger partial charge on any atom is -0.480 e. The maximum absolute atomic E-state index is 14.4. The lowest BCUT2D eigenvalue weighted by molar-refractivity contribution is -0.225. The number of carbonyl (C=O) groups excluding carboxylic acids is 1. The molecule has 6 rings (SSSR count). The molecule has 9 atom stereocenters. The van der Waals surface area contributed by atoms with Crippen LogP contribution in [0, 0.1) is 56.7 Å². The van der Waals surface area contributed by atoms with Crippen molar-refractivity contribution in [1.29, 1.82) is 0 Å². The van der Waals surface area contributed by atoms with Crippen LogP contribution in [-0.2, 0) is 9.59 Å². The Morgan fingerprint density at radius 2 is 1.61 bits per heavy atom. The predicted octanol–water partition coefficient (Wildman–Crippen LogP) is 8.95. The highest BCUT2D eigenvalue weighted by Gasteiger charge is 2.71. The minimum atomic E-state index is -0.886. The first-order chi connectivity index (χ1) is 24.0. The van der Waals surface area contributed by atoms with E-state index in [9.17, 15) is 24.6 Å². The molecule has 0 aliphatic heterocycles. The number of rotatable bonds is 11. The molecule has 0 bridgehead atoms. The molecule has 0 heterocycles. The first-order valence-electron chi connectivity index (χ1n) is 19.9. The summed E-state index contributed by atoms with van der Waals surface area (Å²) in [5.74, 6) is 0.801. The number of hydrogen-bond donors (Lipinski definition) is 3. The zero-order valence-electron chi connectivity index (χ0n) is 32.4. The molecule has 7 nitrogen and oxygen atoms in total. The lowest BCUT2D eigenvalue weighted by atomic mass is 9.32. The summed E-state index contributed by atoms with van der Waals surface area (Å²) < 4.78 is 0. The maximum atomic E-state index is 14.4. The van der Waals surface area contributed by atoms with Crippen molar-refractivity contribution in [3.63, 3.8) is 0 Å². The molecule has 1 aromatic rings. The van der Waals surface area contributed by atoms with E-state index in [1.54, 1.807) is 12.1 Å². The van der Waals surface area contributed by atoms with Crippen LogP contribution < -0.4 is 5.32 Å². The fraction of sp³-hybridized carbons (Fsp3) is 0.705. The van der Waals surface area contributed by atoms with E-state index in [4.69, 9.17) is 0 Å². The van der Waals surface area contributed by atoms with Crippen LogP contribution in [0.3, 0.4) is 0 Å². The fourth-order valence-electron chi connectivity index (χ4n) is 13.6. The summed E-state index contributed by atoms with van der Waals surface area (Å²) in [7, 11) is 0. The zero-order chi connectivity index (χ0) is 37.1. The van der Waals surface area contributed by atoms with Gasteiger partial charge < -0.3 is 15.5 Å². The molecule has 3 N–H and O–H groups in total. The summed E-state index contributed by atoms with van der Waals surface area (Å²) >= 11 is 0. The number of carboxylic acid groups (broad SMARTS) is 2. The molecule has 7 heteroatoms. The van der Waals surface area contributed by atoms with E-state index in [1.165, 1.54) is 30.4 Å². The monoisotopic (exact) mass is 700 g/mol. The average Bonchev–Trinajstić information content (AvgIpc) is 3.47. The molecule has 4 fully saturated rings. The molecular formula is C44H64N2O5. The second-order valence-corrected chi connectivity index (χ2v) is 18.6. The Morgan fingerprint density at radius 1 is 0.902 bits per heavy atom. The van der Waals surface area contributed by atoms with Crippen molar-refractivity contribution in [2.24, 2.45) is 56.7 Å². The highest BCUT2D eigenvalue weighted by molar-refractivity contribution is 5.88. The number of aliphatic carboxylic acids is 1. The van der Waals surface area contributed by atoms with Gasteiger partial charge in [0.2, 0.25) is 5.91 Å². The Balaban J connectivity index is 1.25. The number of amides is 1.